The highest BCUT2D eigenvalue weighted by Crippen LogP contribution is 2.31. The van der Waals surface area contributed by atoms with Gasteiger partial charge in [0.2, 0.25) is 0 Å². The number of methoxy groups -OCH3 is 2. The summed E-state index contributed by atoms with van der Waals surface area (Å²) in [7, 11) is 3.20. The monoisotopic (exact) mass is 503 g/mol. The fourth-order valence-electron chi connectivity index (χ4n) is 4.12. The Hall–Kier alpha value is -2.85. The summed E-state index contributed by atoms with van der Waals surface area (Å²) in [6, 6.07) is 13.3. The van der Waals surface area contributed by atoms with Gasteiger partial charge in [0, 0.05) is 0 Å². The van der Waals surface area contributed by atoms with Crippen molar-refractivity contribution in [2.45, 2.75) is 63.9 Å². The van der Waals surface area contributed by atoms with E-state index in [1.54, 1.807) is 35.0 Å². The lowest BCUT2D eigenvalue weighted by atomic mass is 10.1. The smallest absolute Gasteiger partial charge is 0.411 e. The van der Waals surface area contributed by atoms with E-state index in [9.17, 15) is 15.0 Å². The SMILES string of the molecule is COc1ccc(COC[C@@H]2[C@H](OCc3ccc(OC)cc3)[C@@H](O)[C@@H](CO)N2C(=O)OC(C)(C)C)cc1. The second-order valence-electron chi connectivity index (χ2n) is 9.68. The average Bonchev–Trinajstić information content (AvgIpc) is 3.12. The zero-order valence-electron chi connectivity index (χ0n) is 21.5. The first-order valence-corrected chi connectivity index (χ1v) is 11.9. The van der Waals surface area contributed by atoms with Crippen LogP contribution in [0, 0.1) is 0 Å². The van der Waals surface area contributed by atoms with E-state index in [0.717, 1.165) is 22.6 Å². The predicted octanol–water partition coefficient (Wildman–Crippen LogP) is 3.15. The van der Waals surface area contributed by atoms with Crippen LogP contribution in [0.1, 0.15) is 31.9 Å². The van der Waals surface area contributed by atoms with Gasteiger partial charge in [-0.1, -0.05) is 24.3 Å². The van der Waals surface area contributed by atoms with E-state index < -0.39 is 42.6 Å². The molecule has 0 unspecified atom stereocenters. The lowest BCUT2D eigenvalue weighted by Gasteiger charge is -2.32. The molecule has 0 aromatic heterocycles. The molecular weight excluding hydrogens is 466 g/mol. The van der Waals surface area contributed by atoms with Gasteiger partial charge in [0.1, 0.15) is 29.3 Å². The van der Waals surface area contributed by atoms with Gasteiger partial charge in [0.15, 0.2) is 0 Å². The van der Waals surface area contributed by atoms with E-state index in [1.165, 1.54) is 4.90 Å². The number of hydrogen-bond acceptors (Lipinski definition) is 8. The van der Waals surface area contributed by atoms with Crippen LogP contribution in [0.15, 0.2) is 48.5 Å². The summed E-state index contributed by atoms with van der Waals surface area (Å²) in [6.07, 6.45) is -2.57. The maximum atomic E-state index is 13.1. The second kappa shape index (κ2) is 12.4. The molecule has 198 valence electrons. The molecule has 1 heterocycles. The second-order valence-corrected chi connectivity index (χ2v) is 9.68. The minimum absolute atomic E-state index is 0.0755. The van der Waals surface area contributed by atoms with Gasteiger partial charge in [-0.3, -0.25) is 4.90 Å². The molecule has 4 atom stereocenters. The molecule has 1 aliphatic rings. The van der Waals surface area contributed by atoms with Crippen LogP contribution < -0.4 is 9.47 Å². The van der Waals surface area contributed by atoms with Crippen molar-refractivity contribution in [2.75, 3.05) is 27.4 Å². The number of rotatable bonds is 10. The molecule has 1 fully saturated rings. The Morgan fingerprint density at radius 2 is 1.42 bits per heavy atom. The molecule has 3 rings (SSSR count). The topological polar surface area (TPSA) is 107 Å². The van der Waals surface area contributed by atoms with Gasteiger partial charge in [-0.25, -0.2) is 4.79 Å². The van der Waals surface area contributed by atoms with Crippen molar-refractivity contribution in [3.63, 3.8) is 0 Å². The Morgan fingerprint density at radius 1 is 0.889 bits per heavy atom. The van der Waals surface area contributed by atoms with Crippen molar-refractivity contribution in [1.82, 2.24) is 4.90 Å². The predicted molar refractivity (Wildman–Crippen MR) is 133 cm³/mol. The minimum Gasteiger partial charge on any atom is -0.497 e. The molecule has 2 aromatic rings. The first-order valence-electron chi connectivity index (χ1n) is 11.9. The maximum Gasteiger partial charge on any atom is 0.411 e. The largest absolute Gasteiger partial charge is 0.497 e. The van der Waals surface area contributed by atoms with Crippen molar-refractivity contribution in [2.24, 2.45) is 0 Å². The highest BCUT2D eigenvalue weighted by Gasteiger charge is 2.52. The normalized spacial score (nSPS) is 21.9. The van der Waals surface area contributed by atoms with Crippen LogP contribution in [0.4, 0.5) is 4.79 Å². The summed E-state index contributed by atoms with van der Waals surface area (Å²) >= 11 is 0. The molecule has 0 radical (unpaired) electrons. The average molecular weight is 504 g/mol. The number of aliphatic hydroxyl groups is 2. The lowest BCUT2D eigenvalue weighted by Crippen LogP contribution is -2.49. The summed E-state index contributed by atoms with van der Waals surface area (Å²) in [5, 5.41) is 21.1. The number of hydrogen-bond donors (Lipinski definition) is 2. The summed E-state index contributed by atoms with van der Waals surface area (Å²) in [6.45, 7) is 5.40. The number of nitrogens with zero attached hydrogens (tertiary/aromatic N) is 1. The van der Waals surface area contributed by atoms with Crippen molar-refractivity contribution >= 4 is 6.09 Å². The summed E-state index contributed by atoms with van der Waals surface area (Å²) in [5.41, 5.74) is 1.04. The molecule has 2 N–H and O–H groups in total. The van der Waals surface area contributed by atoms with Gasteiger partial charge >= 0.3 is 6.09 Å². The van der Waals surface area contributed by atoms with Crippen LogP contribution in [0.2, 0.25) is 0 Å². The number of amides is 1. The maximum absolute atomic E-state index is 13.1. The first-order chi connectivity index (χ1) is 17.2. The van der Waals surface area contributed by atoms with Crippen molar-refractivity contribution < 1.29 is 38.7 Å². The quantitative estimate of drug-likeness (QED) is 0.509. The summed E-state index contributed by atoms with van der Waals surface area (Å²) in [4.78, 5) is 14.5. The van der Waals surface area contributed by atoms with Gasteiger partial charge in [0.25, 0.3) is 0 Å². The summed E-state index contributed by atoms with van der Waals surface area (Å²) in [5.74, 6) is 1.47. The molecule has 0 bridgehead atoms. The van der Waals surface area contributed by atoms with E-state index in [1.807, 2.05) is 48.5 Å². The number of carbonyl (C=O) groups excluding carboxylic acids is 1. The Labute approximate surface area is 212 Å². The molecule has 1 saturated heterocycles. The Bertz CT molecular complexity index is 957. The Morgan fingerprint density at radius 3 is 1.89 bits per heavy atom. The fourth-order valence-corrected chi connectivity index (χ4v) is 4.12. The third-order valence-corrected chi connectivity index (χ3v) is 5.93. The first kappa shape index (κ1) is 27.7. The molecular formula is C27H37NO8. The standard InChI is InChI=1S/C27H37NO8/c1-27(2,3)36-26(31)28-22(14-29)24(30)25(35-16-19-8-12-21(33-5)13-9-19)23(28)17-34-15-18-6-10-20(32-4)11-7-18/h6-13,22-25,29-30H,14-17H2,1-5H3/t22-,23-,24+,25+/m1/s1. The molecule has 0 saturated carbocycles. The molecule has 1 aliphatic heterocycles. The van der Waals surface area contributed by atoms with E-state index in [-0.39, 0.29) is 19.8 Å². The van der Waals surface area contributed by atoms with Gasteiger partial charge < -0.3 is 33.9 Å². The van der Waals surface area contributed by atoms with E-state index in [4.69, 9.17) is 23.7 Å². The number of benzene rings is 2. The summed E-state index contributed by atoms with van der Waals surface area (Å²) < 4.78 is 28.0. The molecule has 9 nitrogen and oxygen atoms in total. The van der Waals surface area contributed by atoms with Crippen LogP contribution in [-0.2, 0) is 27.4 Å². The molecule has 0 aliphatic carbocycles. The van der Waals surface area contributed by atoms with Gasteiger partial charge in [-0.2, -0.15) is 0 Å². The van der Waals surface area contributed by atoms with Crippen LogP contribution in [0.5, 0.6) is 11.5 Å². The Balaban J connectivity index is 1.77. The molecule has 36 heavy (non-hydrogen) atoms. The zero-order chi connectivity index (χ0) is 26.3. The number of aliphatic hydroxyl groups excluding tert-OH is 2. The molecule has 9 heteroatoms. The number of likely N-dealkylation sites (tertiary alicyclic amines) is 1. The van der Waals surface area contributed by atoms with Crippen LogP contribution in [-0.4, -0.2) is 78.5 Å². The number of ether oxygens (including phenoxy) is 5. The fraction of sp³-hybridized carbons (Fsp3) is 0.519. The lowest BCUT2D eigenvalue weighted by molar-refractivity contribution is -0.0585. The van der Waals surface area contributed by atoms with Gasteiger partial charge in [-0.05, 0) is 56.2 Å². The molecule has 0 spiro atoms. The van der Waals surface area contributed by atoms with Crippen molar-refractivity contribution in [1.29, 1.82) is 0 Å². The van der Waals surface area contributed by atoms with Crippen molar-refractivity contribution in [3.05, 3.63) is 59.7 Å². The van der Waals surface area contributed by atoms with E-state index in [0.29, 0.717) is 0 Å². The van der Waals surface area contributed by atoms with E-state index in [2.05, 4.69) is 0 Å². The molecule has 1 amide bonds. The minimum atomic E-state index is -1.13. The highest BCUT2D eigenvalue weighted by atomic mass is 16.6. The van der Waals surface area contributed by atoms with Crippen LogP contribution in [0.25, 0.3) is 0 Å². The van der Waals surface area contributed by atoms with Gasteiger partial charge in [-0.15, -0.1) is 0 Å². The third-order valence-electron chi connectivity index (χ3n) is 5.93. The highest BCUT2D eigenvalue weighted by molar-refractivity contribution is 5.70. The van der Waals surface area contributed by atoms with Crippen molar-refractivity contribution in [3.8, 4) is 11.5 Å². The third kappa shape index (κ3) is 7.10. The zero-order valence-corrected chi connectivity index (χ0v) is 21.5. The van der Waals surface area contributed by atoms with Crippen LogP contribution in [0.3, 0.4) is 0 Å². The number of carbonyl (C=O) groups is 1. The van der Waals surface area contributed by atoms with Crippen LogP contribution >= 0.6 is 0 Å². The van der Waals surface area contributed by atoms with Gasteiger partial charge in [0.05, 0.1) is 52.7 Å². The Kier molecular flexibility index (Phi) is 9.56. The molecule has 2 aromatic carbocycles. The van der Waals surface area contributed by atoms with E-state index >= 15 is 0 Å².